The van der Waals surface area contributed by atoms with E-state index in [0.717, 1.165) is 38.3 Å². The molecular weight excluding hydrogens is 260 g/mol. The van der Waals surface area contributed by atoms with Crippen molar-refractivity contribution in [1.82, 2.24) is 10.3 Å². The molecule has 0 amide bonds. The van der Waals surface area contributed by atoms with E-state index in [4.69, 9.17) is 14.5 Å². The Kier molecular flexibility index (Phi) is 4.95. The van der Waals surface area contributed by atoms with E-state index in [1.54, 1.807) is 7.11 Å². The molecule has 1 aliphatic rings. The van der Waals surface area contributed by atoms with Crippen LogP contribution in [0, 0.1) is 13.8 Å². The molecule has 2 rings (SSSR count). The molecule has 0 aliphatic carbocycles. The van der Waals surface area contributed by atoms with Gasteiger partial charge in [0, 0.05) is 25.1 Å². The summed E-state index contributed by atoms with van der Waals surface area (Å²) in [5.74, 6) is 0. The van der Waals surface area contributed by atoms with E-state index in [-0.39, 0.29) is 11.6 Å². The van der Waals surface area contributed by atoms with Gasteiger partial charge < -0.3 is 14.8 Å². The van der Waals surface area contributed by atoms with Gasteiger partial charge in [-0.2, -0.15) is 0 Å². The Labute approximate surface area is 119 Å². The third-order valence-corrected chi connectivity index (χ3v) is 5.05. The van der Waals surface area contributed by atoms with E-state index >= 15 is 0 Å². The van der Waals surface area contributed by atoms with Crippen LogP contribution >= 0.6 is 11.3 Å². The molecule has 1 aliphatic heterocycles. The third kappa shape index (κ3) is 3.34. The minimum atomic E-state index is -0.0418. The van der Waals surface area contributed by atoms with Gasteiger partial charge in [-0.25, -0.2) is 4.98 Å². The van der Waals surface area contributed by atoms with Crippen LogP contribution in [0.15, 0.2) is 0 Å². The number of ether oxygens (including phenoxy) is 2. The first-order chi connectivity index (χ1) is 9.07. The first-order valence-corrected chi connectivity index (χ1v) is 7.69. The lowest BCUT2D eigenvalue weighted by Crippen LogP contribution is -2.49. The van der Waals surface area contributed by atoms with Crippen molar-refractivity contribution in [1.29, 1.82) is 0 Å². The van der Waals surface area contributed by atoms with Gasteiger partial charge in [0.25, 0.3) is 0 Å². The van der Waals surface area contributed by atoms with Gasteiger partial charge in [0.15, 0.2) is 0 Å². The van der Waals surface area contributed by atoms with Crippen LogP contribution in [-0.4, -0.2) is 38.0 Å². The van der Waals surface area contributed by atoms with Gasteiger partial charge in [-0.05, 0) is 33.6 Å². The number of rotatable bonds is 5. The van der Waals surface area contributed by atoms with Gasteiger partial charge in [-0.3, -0.25) is 0 Å². The minimum absolute atomic E-state index is 0.0418. The monoisotopic (exact) mass is 284 g/mol. The highest BCUT2D eigenvalue weighted by atomic mass is 32.1. The first-order valence-electron chi connectivity index (χ1n) is 6.87. The maximum atomic E-state index is 5.70. The van der Waals surface area contributed by atoms with Gasteiger partial charge >= 0.3 is 0 Å². The standard InChI is InChI=1S/C14H24N2O2S/c1-10-9-14(5-7-18-10,15-6-8-17-4)13-16-11(2)12(3)19-13/h10,15H,5-9H2,1-4H3. The Morgan fingerprint density at radius 3 is 2.89 bits per heavy atom. The van der Waals surface area contributed by atoms with Crippen molar-refractivity contribution in [3.8, 4) is 0 Å². The molecule has 2 heterocycles. The zero-order valence-corrected chi connectivity index (χ0v) is 13.1. The Morgan fingerprint density at radius 2 is 2.32 bits per heavy atom. The van der Waals surface area contributed by atoms with Crippen molar-refractivity contribution in [3.63, 3.8) is 0 Å². The van der Waals surface area contributed by atoms with E-state index < -0.39 is 0 Å². The molecule has 0 aromatic carbocycles. The van der Waals surface area contributed by atoms with Crippen molar-refractivity contribution in [2.24, 2.45) is 0 Å². The van der Waals surface area contributed by atoms with Crippen LogP contribution in [0.3, 0.4) is 0 Å². The van der Waals surface area contributed by atoms with Gasteiger partial charge in [0.2, 0.25) is 0 Å². The number of nitrogens with zero attached hydrogens (tertiary/aromatic N) is 1. The molecule has 0 bridgehead atoms. The van der Waals surface area contributed by atoms with Crippen LogP contribution in [0.5, 0.6) is 0 Å². The highest BCUT2D eigenvalue weighted by Gasteiger charge is 2.39. The molecule has 1 N–H and O–H groups in total. The topological polar surface area (TPSA) is 43.4 Å². The molecule has 0 saturated carbocycles. The molecule has 5 heteroatoms. The second kappa shape index (κ2) is 6.31. The molecule has 1 saturated heterocycles. The van der Waals surface area contributed by atoms with Crippen molar-refractivity contribution >= 4 is 11.3 Å². The van der Waals surface area contributed by atoms with Gasteiger partial charge in [-0.1, -0.05) is 0 Å². The lowest BCUT2D eigenvalue weighted by atomic mass is 9.87. The predicted octanol–water partition coefficient (Wildman–Crippen LogP) is 2.39. The summed E-state index contributed by atoms with van der Waals surface area (Å²) < 4.78 is 10.9. The molecular formula is C14H24N2O2S. The van der Waals surface area contributed by atoms with Crippen LogP contribution in [0.25, 0.3) is 0 Å². The zero-order valence-electron chi connectivity index (χ0n) is 12.3. The summed E-state index contributed by atoms with van der Waals surface area (Å²) in [6.07, 6.45) is 2.23. The van der Waals surface area contributed by atoms with Crippen molar-refractivity contribution in [3.05, 3.63) is 15.6 Å². The minimum Gasteiger partial charge on any atom is -0.383 e. The van der Waals surface area contributed by atoms with E-state index in [1.807, 2.05) is 11.3 Å². The fraction of sp³-hybridized carbons (Fsp3) is 0.786. The highest BCUT2D eigenvalue weighted by molar-refractivity contribution is 7.11. The summed E-state index contributed by atoms with van der Waals surface area (Å²) in [5.41, 5.74) is 1.10. The Bertz CT molecular complexity index is 402. The fourth-order valence-corrected chi connectivity index (χ4v) is 3.71. The number of methoxy groups -OCH3 is 1. The van der Waals surface area contributed by atoms with Gasteiger partial charge in [0.05, 0.1) is 23.9 Å². The summed E-state index contributed by atoms with van der Waals surface area (Å²) in [7, 11) is 1.73. The predicted molar refractivity (Wildman–Crippen MR) is 77.8 cm³/mol. The summed E-state index contributed by atoms with van der Waals surface area (Å²) in [6, 6.07) is 0. The number of thiazole rings is 1. The van der Waals surface area contributed by atoms with Crippen molar-refractivity contribution in [2.45, 2.75) is 45.3 Å². The Morgan fingerprint density at radius 1 is 1.53 bits per heavy atom. The number of nitrogens with one attached hydrogen (secondary N) is 1. The molecule has 0 spiro atoms. The average molecular weight is 284 g/mol. The molecule has 2 atom stereocenters. The molecule has 4 nitrogen and oxygen atoms in total. The average Bonchev–Trinajstić information content (AvgIpc) is 2.71. The summed E-state index contributed by atoms with van der Waals surface area (Å²) in [6.45, 7) is 8.72. The van der Waals surface area contributed by atoms with Gasteiger partial charge in [0.1, 0.15) is 5.01 Å². The number of hydrogen-bond donors (Lipinski definition) is 1. The normalized spacial score (nSPS) is 27.7. The molecule has 1 aromatic heterocycles. The van der Waals surface area contributed by atoms with Crippen LogP contribution in [-0.2, 0) is 15.0 Å². The maximum Gasteiger partial charge on any atom is 0.113 e. The Balaban J connectivity index is 2.22. The zero-order chi connectivity index (χ0) is 13.9. The smallest absolute Gasteiger partial charge is 0.113 e. The number of aromatic nitrogens is 1. The second-order valence-corrected chi connectivity index (χ2v) is 6.50. The largest absolute Gasteiger partial charge is 0.383 e. The number of aryl methyl sites for hydroxylation is 2. The second-order valence-electron chi connectivity index (χ2n) is 5.30. The van der Waals surface area contributed by atoms with Crippen molar-refractivity contribution in [2.75, 3.05) is 26.9 Å². The fourth-order valence-electron chi connectivity index (χ4n) is 2.59. The van der Waals surface area contributed by atoms with Crippen molar-refractivity contribution < 1.29 is 9.47 Å². The summed E-state index contributed by atoms with van der Waals surface area (Å²) in [4.78, 5) is 6.09. The summed E-state index contributed by atoms with van der Waals surface area (Å²) >= 11 is 1.81. The Hall–Kier alpha value is -0.490. The molecule has 1 fully saturated rings. The summed E-state index contributed by atoms with van der Waals surface area (Å²) in [5, 5.41) is 4.87. The van der Waals surface area contributed by atoms with Crippen LogP contribution < -0.4 is 5.32 Å². The quantitative estimate of drug-likeness (QED) is 0.843. The van der Waals surface area contributed by atoms with E-state index in [9.17, 15) is 0 Å². The number of hydrogen-bond acceptors (Lipinski definition) is 5. The SMILES string of the molecule is COCCNC1(c2nc(C)c(C)s2)CCOC(C)C1. The maximum absolute atomic E-state index is 5.70. The molecule has 1 aromatic rings. The van der Waals surface area contributed by atoms with Crippen LogP contribution in [0.1, 0.15) is 35.3 Å². The molecule has 108 valence electrons. The van der Waals surface area contributed by atoms with Gasteiger partial charge in [-0.15, -0.1) is 11.3 Å². The molecule has 2 unspecified atom stereocenters. The van der Waals surface area contributed by atoms with E-state index in [1.165, 1.54) is 9.88 Å². The van der Waals surface area contributed by atoms with Crippen LogP contribution in [0.4, 0.5) is 0 Å². The lowest BCUT2D eigenvalue weighted by Gasteiger charge is -2.39. The van der Waals surface area contributed by atoms with Crippen LogP contribution in [0.2, 0.25) is 0 Å². The molecule has 19 heavy (non-hydrogen) atoms. The third-order valence-electron chi connectivity index (χ3n) is 3.77. The molecule has 0 radical (unpaired) electrons. The van der Waals surface area contributed by atoms with E-state index in [0.29, 0.717) is 0 Å². The highest BCUT2D eigenvalue weighted by Crippen LogP contribution is 2.37. The first kappa shape index (κ1) is 14.9. The lowest BCUT2D eigenvalue weighted by molar-refractivity contribution is -0.0222. The van der Waals surface area contributed by atoms with E-state index in [2.05, 4.69) is 26.1 Å².